The molecule has 1 unspecified atom stereocenters. The van der Waals surface area contributed by atoms with Gasteiger partial charge in [-0.15, -0.1) is 10.2 Å². The first-order chi connectivity index (χ1) is 10.9. The van der Waals surface area contributed by atoms with Crippen LogP contribution in [0.4, 0.5) is 5.69 Å². The molecule has 0 spiro atoms. The molecule has 23 heavy (non-hydrogen) atoms. The van der Waals surface area contributed by atoms with Crippen molar-refractivity contribution in [3.05, 3.63) is 41.4 Å². The minimum Gasteiger partial charge on any atom is -0.325 e. The molecule has 1 heterocycles. The maximum absolute atomic E-state index is 12.2. The zero-order valence-corrected chi connectivity index (χ0v) is 15.9. The highest BCUT2D eigenvalue weighted by molar-refractivity contribution is 8.04. The van der Waals surface area contributed by atoms with Crippen LogP contribution in [0.25, 0.3) is 0 Å². The lowest BCUT2D eigenvalue weighted by atomic mass is 10.3. The summed E-state index contributed by atoms with van der Waals surface area (Å²) < 4.78 is 1.67. The van der Waals surface area contributed by atoms with Crippen LogP contribution < -0.4 is 5.32 Å². The van der Waals surface area contributed by atoms with Gasteiger partial charge in [0.2, 0.25) is 5.91 Å². The van der Waals surface area contributed by atoms with Gasteiger partial charge in [-0.1, -0.05) is 58.6 Å². The molecule has 8 heteroatoms. The van der Waals surface area contributed by atoms with Crippen molar-refractivity contribution >= 4 is 58.1 Å². The first-order valence-corrected chi connectivity index (χ1v) is 9.84. The predicted molar refractivity (Wildman–Crippen MR) is 101 cm³/mol. The van der Waals surface area contributed by atoms with Gasteiger partial charge in [-0.3, -0.25) is 4.79 Å². The van der Waals surface area contributed by atoms with Crippen LogP contribution in [0, 0.1) is 0 Å². The molecular formula is C15H16ClN3OS3. The molecular weight excluding hydrogens is 370 g/mol. The Morgan fingerprint density at radius 1 is 1.35 bits per heavy atom. The molecule has 0 saturated heterocycles. The van der Waals surface area contributed by atoms with Gasteiger partial charge >= 0.3 is 0 Å². The van der Waals surface area contributed by atoms with Gasteiger partial charge in [-0.2, -0.15) is 0 Å². The number of nitrogens with zero attached hydrogens (tertiary/aromatic N) is 2. The van der Waals surface area contributed by atoms with E-state index in [0.29, 0.717) is 5.02 Å². The molecule has 1 N–H and O–H groups in total. The van der Waals surface area contributed by atoms with E-state index >= 15 is 0 Å². The number of carbonyl (C=O) groups excluding carboxylic acids is 1. The van der Waals surface area contributed by atoms with Gasteiger partial charge in [-0.25, -0.2) is 0 Å². The van der Waals surface area contributed by atoms with Crippen LogP contribution in [0.2, 0.25) is 5.02 Å². The fourth-order valence-electron chi connectivity index (χ4n) is 1.47. The zero-order valence-electron chi connectivity index (χ0n) is 12.7. The number of amides is 1. The van der Waals surface area contributed by atoms with Crippen molar-refractivity contribution < 1.29 is 4.79 Å². The van der Waals surface area contributed by atoms with Gasteiger partial charge in [0.05, 0.1) is 5.25 Å². The fourth-order valence-corrected chi connectivity index (χ4v) is 4.60. The second-order valence-corrected chi connectivity index (χ2v) is 9.06. The van der Waals surface area contributed by atoms with E-state index in [1.807, 2.05) is 13.8 Å². The Kier molecular flexibility index (Phi) is 6.95. The number of benzene rings is 1. The SMILES string of the molecule is C=C(C)CSc1nnc(SC(C)C(=O)Nc2ccc(Cl)cc2)s1. The maximum atomic E-state index is 12.2. The number of anilines is 1. The summed E-state index contributed by atoms with van der Waals surface area (Å²) in [6, 6.07) is 7.03. The maximum Gasteiger partial charge on any atom is 0.237 e. The van der Waals surface area contributed by atoms with E-state index in [1.54, 1.807) is 36.0 Å². The highest BCUT2D eigenvalue weighted by atomic mass is 35.5. The molecule has 4 nitrogen and oxygen atoms in total. The number of aromatic nitrogens is 2. The molecule has 1 atom stereocenters. The van der Waals surface area contributed by atoms with Crippen LogP contribution in [-0.2, 0) is 4.79 Å². The van der Waals surface area contributed by atoms with E-state index < -0.39 is 0 Å². The number of carbonyl (C=O) groups is 1. The lowest BCUT2D eigenvalue weighted by Crippen LogP contribution is -2.22. The number of hydrogen-bond donors (Lipinski definition) is 1. The van der Waals surface area contributed by atoms with E-state index in [4.69, 9.17) is 11.6 Å². The van der Waals surface area contributed by atoms with E-state index in [1.165, 1.54) is 23.1 Å². The molecule has 2 aromatic rings. The molecule has 122 valence electrons. The molecule has 1 aromatic heterocycles. The van der Waals surface area contributed by atoms with Crippen LogP contribution in [0.5, 0.6) is 0 Å². The highest BCUT2D eigenvalue weighted by Crippen LogP contribution is 2.32. The van der Waals surface area contributed by atoms with Crippen LogP contribution in [0.3, 0.4) is 0 Å². The Hall–Kier alpha value is -1.02. The van der Waals surface area contributed by atoms with Crippen LogP contribution in [0.1, 0.15) is 13.8 Å². The standard InChI is InChI=1S/C15H16ClN3OS3/c1-9(2)8-21-14-18-19-15(23-14)22-10(3)13(20)17-12-6-4-11(16)5-7-12/h4-7,10H,1,8H2,2-3H3,(H,17,20). The molecule has 0 saturated carbocycles. The second-order valence-electron chi connectivity index (χ2n) is 4.84. The summed E-state index contributed by atoms with van der Waals surface area (Å²) in [4.78, 5) is 12.2. The Balaban J connectivity index is 1.88. The number of thioether (sulfide) groups is 2. The van der Waals surface area contributed by atoms with E-state index in [9.17, 15) is 4.79 Å². The molecule has 0 fully saturated rings. The second kappa shape index (κ2) is 8.73. The van der Waals surface area contributed by atoms with Crippen molar-refractivity contribution in [3.63, 3.8) is 0 Å². The first kappa shape index (κ1) is 18.3. The Morgan fingerprint density at radius 3 is 2.65 bits per heavy atom. The molecule has 0 aliphatic carbocycles. The van der Waals surface area contributed by atoms with E-state index in [-0.39, 0.29) is 11.2 Å². The average molecular weight is 386 g/mol. The molecule has 2 rings (SSSR count). The lowest BCUT2D eigenvalue weighted by Gasteiger charge is -2.10. The molecule has 0 aliphatic rings. The Labute approximate surface area is 153 Å². The van der Waals surface area contributed by atoms with Crippen molar-refractivity contribution in [2.24, 2.45) is 0 Å². The first-order valence-electron chi connectivity index (χ1n) is 6.78. The minimum atomic E-state index is -0.266. The smallest absolute Gasteiger partial charge is 0.237 e. The van der Waals surface area contributed by atoms with Crippen molar-refractivity contribution in [2.45, 2.75) is 27.8 Å². The lowest BCUT2D eigenvalue weighted by molar-refractivity contribution is -0.115. The Bertz CT molecular complexity index is 688. The number of nitrogens with one attached hydrogen (secondary N) is 1. The molecule has 0 aliphatic heterocycles. The minimum absolute atomic E-state index is 0.0799. The van der Waals surface area contributed by atoms with Crippen molar-refractivity contribution in [3.8, 4) is 0 Å². The van der Waals surface area contributed by atoms with Gasteiger partial charge in [-0.05, 0) is 38.1 Å². The predicted octanol–water partition coefficient (Wildman–Crippen LogP) is 4.98. The molecule has 1 aromatic carbocycles. The molecule has 1 amide bonds. The summed E-state index contributed by atoms with van der Waals surface area (Å²) in [5.74, 6) is 0.745. The van der Waals surface area contributed by atoms with Crippen molar-refractivity contribution in [2.75, 3.05) is 11.1 Å². The summed E-state index contributed by atoms with van der Waals surface area (Å²) in [6.07, 6.45) is 0. The third-order valence-electron chi connectivity index (χ3n) is 2.59. The number of rotatable bonds is 7. The van der Waals surface area contributed by atoms with Crippen LogP contribution in [-0.4, -0.2) is 27.1 Å². The van der Waals surface area contributed by atoms with Crippen LogP contribution >= 0.6 is 46.5 Å². The van der Waals surface area contributed by atoms with Gasteiger partial charge in [0.25, 0.3) is 0 Å². The summed E-state index contributed by atoms with van der Waals surface area (Å²) in [5.41, 5.74) is 1.82. The quantitative estimate of drug-likeness (QED) is 0.538. The van der Waals surface area contributed by atoms with E-state index in [2.05, 4.69) is 22.1 Å². The average Bonchev–Trinajstić information content (AvgIpc) is 2.95. The summed E-state index contributed by atoms with van der Waals surface area (Å²) in [5, 5.41) is 11.5. The highest BCUT2D eigenvalue weighted by Gasteiger charge is 2.17. The third kappa shape index (κ3) is 6.18. The topological polar surface area (TPSA) is 54.9 Å². The largest absolute Gasteiger partial charge is 0.325 e. The summed E-state index contributed by atoms with van der Waals surface area (Å²) in [7, 11) is 0. The molecule has 0 bridgehead atoms. The number of halogens is 1. The summed E-state index contributed by atoms with van der Waals surface area (Å²) >= 11 is 10.3. The summed E-state index contributed by atoms with van der Waals surface area (Å²) in [6.45, 7) is 7.69. The normalized spacial score (nSPS) is 12.0. The van der Waals surface area contributed by atoms with Crippen molar-refractivity contribution in [1.82, 2.24) is 10.2 Å². The Morgan fingerprint density at radius 2 is 2.00 bits per heavy atom. The zero-order chi connectivity index (χ0) is 16.8. The van der Waals surface area contributed by atoms with Gasteiger partial charge in [0.1, 0.15) is 0 Å². The van der Waals surface area contributed by atoms with E-state index in [0.717, 1.165) is 25.7 Å². The monoisotopic (exact) mass is 385 g/mol. The van der Waals surface area contributed by atoms with Gasteiger partial charge in [0, 0.05) is 16.5 Å². The van der Waals surface area contributed by atoms with Crippen LogP contribution in [0.15, 0.2) is 45.1 Å². The van der Waals surface area contributed by atoms with Gasteiger partial charge < -0.3 is 5.32 Å². The fraction of sp³-hybridized carbons (Fsp3) is 0.267. The van der Waals surface area contributed by atoms with Gasteiger partial charge in [0.15, 0.2) is 8.68 Å². The third-order valence-corrected chi connectivity index (χ3v) is 6.31. The molecule has 0 radical (unpaired) electrons. The van der Waals surface area contributed by atoms with Crippen molar-refractivity contribution in [1.29, 1.82) is 0 Å². The number of hydrogen-bond acceptors (Lipinski definition) is 6.